The summed E-state index contributed by atoms with van der Waals surface area (Å²) in [5, 5.41) is 3.01. The van der Waals surface area contributed by atoms with Crippen LogP contribution in [0.4, 0.5) is 4.39 Å². The van der Waals surface area contributed by atoms with Crippen molar-refractivity contribution in [3.63, 3.8) is 0 Å². The zero-order valence-electron chi connectivity index (χ0n) is 20.9. The molecule has 1 heterocycles. The lowest BCUT2D eigenvalue weighted by Gasteiger charge is -2.29. The van der Waals surface area contributed by atoms with Gasteiger partial charge in [0.15, 0.2) is 0 Å². The summed E-state index contributed by atoms with van der Waals surface area (Å²) in [4.78, 5) is 27.2. The average molecular weight is 458 g/mol. The SMILES string of the molecule is C=C/C=C(F)\C(=C/C)c1ccc(C(C)NC(=O)C2CCCN2C(=O)C(N)C(C)C)cc1.CC. The number of allylic oxidation sites excluding steroid dienone is 5. The quantitative estimate of drug-likeness (QED) is 0.520. The highest BCUT2D eigenvalue weighted by Gasteiger charge is 2.37. The lowest BCUT2D eigenvalue weighted by atomic mass is 10.00. The van der Waals surface area contributed by atoms with Gasteiger partial charge in [-0.25, -0.2) is 4.39 Å². The van der Waals surface area contributed by atoms with Crippen LogP contribution < -0.4 is 11.1 Å². The van der Waals surface area contributed by atoms with Crippen LogP contribution in [0.3, 0.4) is 0 Å². The van der Waals surface area contributed by atoms with E-state index in [1.54, 1.807) is 17.9 Å². The maximum Gasteiger partial charge on any atom is 0.243 e. The highest BCUT2D eigenvalue weighted by Crippen LogP contribution is 2.26. The van der Waals surface area contributed by atoms with Crippen LogP contribution in [-0.2, 0) is 9.59 Å². The van der Waals surface area contributed by atoms with Gasteiger partial charge in [0.25, 0.3) is 0 Å². The molecule has 1 aromatic carbocycles. The minimum atomic E-state index is -0.602. The number of benzene rings is 1. The Labute approximate surface area is 198 Å². The summed E-state index contributed by atoms with van der Waals surface area (Å²) in [5.41, 5.74) is 8.16. The zero-order chi connectivity index (χ0) is 25.1. The van der Waals surface area contributed by atoms with E-state index in [0.29, 0.717) is 18.5 Å². The number of nitrogens with one attached hydrogen (secondary N) is 1. The summed E-state index contributed by atoms with van der Waals surface area (Å²) in [7, 11) is 0. The van der Waals surface area contributed by atoms with Crippen molar-refractivity contribution in [2.24, 2.45) is 11.7 Å². The molecule has 2 rings (SSSR count). The number of amides is 2. The summed E-state index contributed by atoms with van der Waals surface area (Å²) in [6, 6.07) is 6.06. The molecule has 1 aromatic rings. The molecule has 182 valence electrons. The molecule has 1 fully saturated rings. The largest absolute Gasteiger partial charge is 0.348 e. The Morgan fingerprint density at radius 1 is 1.21 bits per heavy atom. The number of hydrogen-bond acceptors (Lipinski definition) is 3. The molecule has 5 nitrogen and oxygen atoms in total. The fraction of sp³-hybridized carbons (Fsp3) is 0.481. The molecule has 0 aromatic heterocycles. The molecule has 0 radical (unpaired) electrons. The van der Waals surface area contributed by atoms with Crippen LogP contribution in [0.25, 0.3) is 5.57 Å². The fourth-order valence-corrected chi connectivity index (χ4v) is 3.76. The molecule has 0 aliphatic carbocycles. The fourth-order valence-electron chi connectivity index (χ4n) is 3.76. The van der Waals surface area contributed by atoms with Crippen molar-refractivity contribution < 1.29 is 14.0 Å². The number of hydrogen-bond donors (Lipinski definition) is 2. The van der Waals surface area contributed by atoms with Crippen LogP contribution >= 0.6 is 0 Å². The highest BCUT2D eigenvalue weighted by atomic mass is 19.1. The third-order valence-electron chi connectivity index (χ3n) is 5.73. The Hall–Kier alpha value is -2.73. The standard InChI is InChI=1S/C25H34FN3O2.C2H6/c1-6-9-21(26)20(7-2)19-13-11-18(12-14-19)17(5)28-24(30)22-10-8-15-29(22)25(31)23(27)16(3)4;1-2/h6-7,9,11-14,16-17,22-23H,1,8,10,15,27H2,2-5H3,(H,28,30);1-2H3/b20-7-,21-9+;. The number of likely N-dealkylation sites (tertiary alicyclic amines) is 1. The molecule has 3 N–H and O–H groups in total. The van der Waals surface area contributed by atoms with Crippen molar-refractivity contribution in [2.45, 2.75) is 72.5 Å². The number of carbonyl (C=O) groups excluding carboxylic acids is 2. The van der Waals surface area contributed by atoms with Gasteiger partial charge in [-0.3, -0.25) is 9.59 Å². The Morgan fingerprint density at radius 2 is 1.82 bits per heavy atom. The predicted molar refractivity (Wildman–Crippen MR) is 135 cm³/mol. The normalized spacial score (nSPS) is 18.3. The van der Waals surface area contributed by atoms with Crippen molar-refractivity contribution in [3.8, 4) is 0 Å². The summed E-state index contributed by atoms with van der Waals surface area (Å²) in [6.07, 6.45) is 5.87. The Balaban J connectivity index is 0.00000265. The van der Waals surface area contributed by atoms with Gasteiger partial charge >= 0.3 is 0 Å². The third kappa shape index (κ3) is 7.39. The average Bonchev–Trinajstić information content (AvgIpc) is 3.30. The van der Waals surface area contributed by atoms with E-state index < -0.39 is 12.1 Å². The van der Waals surface area contributed by atoms with E-state index in [1.807, 2.05) is 58.9 Å². The predicted octanol–water partition coefficient (Wildman–Crippen LogP) is 5.31. The van der Waals surface area contributed by atoms with Gasteiger partial charge in [0.2, 0.25) is 11.8 Å². The van der Waals surface area contributed by atoms with E-state index >= 15 is 0 Å². The van der Waals surface area contributed by atoms with Crippen molar-refractivity contribution >= 4 is 17.4 Å². The van der Waals surface area contributed by atoms with Gasteiger partial charge in [-0.15, -0.1) is 0 Å². The third-order valence-corrected chi connectivity index (χ3v) is 5.73. The van der Waals surface area contributed by atoms with Crippen molar-refractivity contribution in [1.29, 1.82) is 0 Å². The minimum absolute atomic E-state index is 0.0162. The molecule has 0 spiro atoms. The molecule has 33 heavy (non-hydrogen) atoms. The maximum absolute atomic E-state index is 14.2. The number of rotatable bonds is 8. The summed E-state index contributed by atoms with van der Waals surface area (Å²) >= 11 is 0. The number of nitrogens with zero attached hydrogens (tertiary/aromatic N) is 1. The first kappa shape index (κ1) is 28.3. The van der Waals surface area contributed by atoms with Crippen molar-refractivity contribution in [1.82, 2.24) is 10.2 Å². The van der Waals surface area contributed by atoms with Crippen molar-refractivity contribution in [2.75, 3.05) is 6.54 Å². The number of carbonyl (C=O) groups is 2. The second-order valence-corrected chi connectivity index (χ2v) is 8.26. The monoisotopic (exact) mass is 457 g/mol. The summed E-state index contributed by atoms with van der Waals surface area (Å²) in [6.45, 7) is 15.6. The first-order valence-corrected chi connectivity index (χ1v) is 11.8. The van der Waals surface area contributed by atoms with Crippen LogP contribution in [0.5, 0.6) is 0 Å². The van der Waals surface area contributed by atoms with E-state index in [4.69, 9.17) is 5.73 Å². The van der Waals surface area contributed by atoms with Crippen LogP contribution in [0, 0.1) is 5.92 Å². The molecular weight excluding hydrogens is 417 g/mol. The second kappa shape index (κ2) is 13.7. The first-order chi connectivity index (χ1) is 15.7. The van der Waals surface area contributed by atoms with E-state index in [1.165, 1.54) is 12.2 Å². The van der Waals surface area contributed by atoms with Gasteiger partial charge < -0.3 is 16.0 Å². The number of nitrogens with two attached hydrogens (primary N) is 1. The molecule has 0 bridgehead atoms. The molecule has 0 saturated carbocycles. The highest BCUT2D eigenvalue weighted by molar-refractivity contribution is 5.90. The maximum atomic E-state index is 14.2. The van der Waals surface area contributed by atoms with E-state index in [9.17, 15) is 14.0 Å². The lowest BCUT2D eigenvalue weighted by molar-refractivity contribution is -0.140. The van der Waals surface area contributed by atoms with Crippen molar-refractivity contribution in [3.05, 3.63) is 66.0 Å². The second-order valence-electron chi connectivity index (χ2n) is 8.26. The van der Waals surface area contributed by atoms with E-state index in [2.05, 4.69) is 11.9 Å². The van der Waals surface area contributed by atoms with Crippen LogP contribution in [-0.4, -0.2) is 35.3 Å². The molecule has 1 aliphatic heterocycles. The van der Waals surface area contributed by atoms with E-state index in [-0.39, 0.29) is 29.6 Å². The van der Waals surface area contributed by atoms with Gasteiger partial charge in [-0.1, -0.05) is 70.7 Å². The smallest absolute Gasteiger partial charge is 0.243 e. The molecule has 1 aliphatic rings. The van der Waals surface area contributed by atoms with Gasteiger partial charge in [0.05, 0.1) is 12.1 Å². The van der Waals surface area contributed by atoms with Gasteiger partial charge in [-0.05, 0) is 49.8 Å². The van der Waals surface area contributed by atoms with E-state index in [0.717, 1.165) is 17.5 Å². The molecule has 6 heteroatoms. The summed E-state index contributed by atoms with van der Waals surface area (Å²) in [5.74, 6) is -0.676. The summed E-state index contributed by atoms with van der Waals surface area (Å²) < 4.78 is 14.2. The van der Waals surface area contributed by atoms with Crippen LogP contribution in [0.1, 0.15) is 71.6 Å². The van der Waals surface area contributed by atoms with Gasteiger partial charge in [-0.2, -0.15) is 0 Å². The lowest BCUT2D eigenvalue weighted by Crippen LogP contribution is -2.52. The molecule has 2 amide bonds. The van der Waals surface area contributed by atoms with Crippen LogP contribution in [0.2, 0.25) is 0 Å². The molecule has 3 atom stereocenters. The van der Waals surface area contributed by atoms with Gasteiger partial charge in [0, 0.05) is 12.1 Å². The Kier molecular flexibility index (Phi) is 11.8. The number of halogens is 1. The first-order valence-electron chi connectivity index (χ1n) is 11.8. The Bertz CT molecular complexity index is 859. The zero-order valence-corrected chi connectivity index (χ0v) is 20.9. The van der Waals surface area contributed by atoms with Gasteiger partial charge in [0.1, 0.15) is 11.9 Å². The molecule has 3 unspecified atom stereocenters. The van der Waals surface area contributed by atoms with Crippen LogP contribution in [0.15, 0.2) is 54.9 Å². The topological polar surface area (TPSA) is 75.4 Å². The Morgan fingerprint density at radius 3 is 2.33 bits per heavy atom. The molecule has 1 saturated heterocycles. The minimum Gasteiger partial charge on any atom is -0.348 e. The molecular formula is C27H40FN3O2.